The van der Waals surface area contributed by atoms with E-state index in [1.165, 1.54) is 53.1 Å². The predicted molar refractivity (Wildman–Crippen MR) is 224 cm³/mol. The Morgan fingerprint density at radius 1 is 0.818 bits per heavy atom. The molecule has 0 amide bonds. The van der Waals surface area contributed by atoms with Gasteiger partial charge < -0.3 is 14.0 Å². The second-order valence-corrected chi connectivity index (χ2v) is 21.2. The van der Waals surface area contributed by atoms with E-state index in [0.29, 0.717) is 5.92 Å². The van der Waals surface area contributed by atoms with Crippen LogP contribution in [-0.2, 0) is 39.4 Å². The molecular formula is C47H47IrN5OSi-2. The molecule has 6 nitrogen and oxygen atoms in total. The molecule has 5 aromatic heterocycles. The first-order chi connectivity index (χ1) is 26.0. The third-order valence-electron chi connectivity index (χ3n) is 10.3. The molecule has 8 heteroatoms. The molecule has 9 rings (SSSR count). The van der Waals surface area contributed by atoms with Crippen LogP contribution in [-0.4, -0.2) is 32.6 Å². The molecule has 0 N–H and O–H groups in total. The Balaban J connectivity index is 0.000000171. The molecule has 281 valence electrons. The summed E-state index contributed by atoms with van der Waals surface area (Å²) in [4.78, 5) is 18.8. The Hall–Kier alpha value is -4.75. The average Bonchev–Trinajstić information content (AvgIpc) is 3.72. The second kappa shape index (κ2) is 15.8. The molecular weight excluding hydrogens is 871 g/mol. The van der Waals surface area contributed by atoms with Crippen LogP contribution in [0.4, 0.5) is 0 Å². The van der Waals surface area contributed by atoms with E-state index in [1.54, 1.807) is 0 Å². The van der Waals surface area contributed by atoms with Crippen LogP contribution in [0.15, 0.2) is 95.8 Å². The summed E-state index contributed by atoms with van der Waals surface area (Å²) in [5.41, 5.74) is 13.9. The van der Waals surface area contributed by atoms with Gasteiger partial charge in [-0.1, -0.05) is 93.5 Å². The number of aromatic nitrogens is 5. The molecule has 8 aromatic rings. The smallest absolute Gasteiger partial charge is 0.124 e. The largest absolute Gasteiger partial charge is 0.500 e. The summed E-state index contributed by atoms with van der Waals surface area (Å²) in [6.07, 6.45) is 12.1. The van der Waals surface area contributed by atoms with Crippen LogP contribution in [0.2, 0.25) is 19.6 Å². The number of aryl methyl sites for hydroxylation is 4. The fourth-order valence-corrected chi connectivity index (χ4v) is 9.31. The van der Waals surface area contributed by atoms with Gasteiger partial charge in [0.05, 0.1) is 36.7 Å². The summed E-state index contributed by atoms with van der Waals surface area (Å²) in [7, 11) is -1.36. The molecule has 0 saturated heterocycles. The Kier molecular flexibility index (Phi) is 11.0. The van der Waals surface area contributed by atoms with Gasteiger partial charge in [-0.25, -0.2) is 0 Å². The van der Waals surface area contributed by atoms with Crippen LogP contribution in [0.5, 0.6) is 0 Å². The summed E-state index contributed by atoms with van der Waals surface area (Å²) < 4.78 is 8.40. The maximum absolute atomic E-state index is 6.29. The standard InChI is InChI=1S/C25H17N4O.C22H30NSi.Ir/c1-15-11-21-22(14-27-15)29(17-7-4-3-5-8-17)25(28-21)19-10-6-9-18-20-13-26-16(2)12-23(20)30-24(18)19;1-16(2)12-20-14-21(23-15-22(20)24(3,4)5)19-11-10-17-8-6-7-9-18(17)13-19;/h3-9,11-14H,1-2H3;10,13-16H,6-9,12H2,1-5H3;/q2*-1;. The number of hydrogen-bond acceptors (Lipinski definition) is 5. The molecule has 1 radical (unpaired) electrons. The molecule has 1 aliphatic rings. The third-order valence-corrected chi connectivity index (χ3v) is 12.4. The SMILES string of the molecule is CC(C)Cc1cc(-c2[c-]cc3c(c2)CCCC3)ncc1[Si](C)(C)C.Cc1cc2nc(-c3[c-]ccc4c3oc3cc(C)ncc34)n(-c3ccccc3)c2cn1.[Ir]. The molecule has 0 spiro atoms. The van der Waals surface area contributed by atoms with E-state index in [2.05, 4.69) is 96.7 Å². The third kappa shape index (κ3) is 7.86. The quantitative estimate of drug-likeness (QED) is 0.123. The van der Waals surface area contributed by atoms with Crippen molar-refractivity contribution in [3.05, 3.63) is 132 Å². The van der Waals surface area contributed by atoms with E-state index in [4.69, 9.17) is 14.4 Å². The number of fused-ring (bicyclic) bond motifs is 5. The van der Waals surface area contributed by atoms with Crippen molar-refractivity contribution in [3.63, 3.8) is 0 Å². The number of para-hydroxylation sites is 1. The Morgan fingerprint density at radius 2 is 1.56 bits per heavy atom. The summed E-state index contributed by atoms with van der Waals surface area (Å²) in [6, 6.07) is 31.8. The van der Waals surface area contributed by atoms with Crippen molar-refractivity contribution in [2.45, 2.75) is 79.4 Å². The minimum atomic E-state index is -1.36. The van der Waals surface area contributed by atoms with Crippen molar-refractivity contribution in [2.75, 3.05) is 0 Å². The van der Waals surface area contributed by atoms with E-state index in [0.717, 1.165) is 73.5 Å². The fourth-order valence-electron chi connectivity index (χ4n) is 7.72. The fraction of sp³-hybridized carbons (Fsp3) is 0.277. The molecule has 55 heavy (non-hydrogen) atoms. The normalized spacial score (nSPS) is 12.8. The topological polar surface area (TPSA) is 69.6 Å². The number of pyridine rings is 3. The Bertz CT molecular complexity index is 2640. The summed E-state index contributed by atoms with van der Waals surface area (Å²) in [6.45, 7) is 15.8. The van der Waals surface area contributed by atoms with Gasteiger partial charge in [0.2, 0.25) is 0 Å². The van der Waals surface area contributed by atoms with E-state index in [9.17, 15) is 0 Å². The minimum Gasteiger partial charge on any atom is -0.500 e. The van der Waals surface area contributed by atoms with Crippen molar-refractivity contribution < 1.29 is 24.5 Å². The number of rotatable bonds is 6. The van der Waals surface area contributed by atoms with Crippen molar-refractivity contribution in [3.8, 4) is 28.3 Å². The molecule has 0 saturated carbocycles. The van der Waals surface area contributed by atoms with Gasteiger partial charge in [0.1, 0.15) is 5.58 Å². The second-order valence-electron chi connectivity index (χ2n) is 16.1. The number of imidazole rings is 1. The van der Waals surface area contributed by atoms with E-state index in [-0.39, 0.29) is 20.1 Å². The van der Waals surface area contributed by atoms with Gasteiger partial charge in [0.15, 0.2) is 0 Å². The molecule has 0 unspecified atom stereocenters. The van der Waals surface area contributed by atoms with Crippen LogP contribution < -0.4 is 5.19 Å². The van der Waals surface area contributed by atoms with Crippen LogP contribution in [0.25, 0.3) is 61.3 Å². The minimum absolute atomic E-state index is 0. The van der Waals surface area contributed by atoms with E-state index >= 15 is 0 Å². The Morgan fingerprint density at radius 3 is 2.33 bits per heavy atom. The van der Waals surface area contributed by atoms with Gasteiger partial charge in [-0.05, 0) is 61.7 Å². The van der Waals surface area contributed by atoms with Gasteiger partial charge >= 0.3 is 0 Å². The molecule has 1 aliphatic carbocycles. The van der Waals surface area contributed by atoms with Crippen molar-refractivity contribution in [1.82, 2.24) is 24.5 Å². The predicted octanol–water partition coefficient (Wildman–Crippen LogP) is 11.0. The van der Waals surface area contributed by atoms with Crippen LogP contribution in [0, 0.1) is 31.9 Å². The van der Waals surface area contributed by atoms with Crippen molar-refractivity contribution >= 4 is 46.2 Å². The van der Waals surface area contributed by atoms with Gasteiger partial charge in [0, 0.05) is 61.0 Å². The number of benzene rings is 3. The summed E-state index contributed by atoms with van der Waals surface area (Å²) >= 11 is 0. The molecule has 0 fully saturated rings. The zero-order chi connectivity index (χ0) is 37.6. The van der Waals surface area contributed by atoms with Gasteiger partial charge in [-0.2, -0.15) is 0 Å². The average molecular weight is 918 g/mol. The number of furan rings is 1. The van der Waals surface area contributed by atoms with Crippen molar-refractivity contribution in [2.24, 2.45) is 5.92 Å². The van der Waals surface area contributed by atoms with Crippen LogP contribution in [0.3, 0.4) is 0 Å². The first kappa shape index (κ1) is 38.5. The van der Waals surface area contributed by atoms with Gasteiger partial charge in [0.25, 0.3) is 0 Å². The number of nitrogens with zero attached hydrogens (tertiary/aromatic N) is 5. The monoisotopic (exact) mass is 918 g/mol. The first-order valence-corrected chi connectivity index (χ1v) is 22.7. The van der Waals surface area contributed by atoms with E-state index in [1.807, 2.05) is 68.7 Å². The first-order valence-electron chi connectivity index (χ1n) is 19.2. The molecule has 3 aromatic carbocycles. The maximum atomic E-state index is 6.29. The van der Waals surface area contributed by atoms with Crippen LogP contribution in [0.1, 0.15) is 54.8 Å². The summed E-state index contributed by atoms with van der Waals surface area (Å²) in [5.74, 6) is 1.45. The molecule has 5 heterocycles. The zero-order valence-corrected chi connectivity index (χ0v) is 36.1. The zero-order valence-electron chi connectivity index (χ0n) is 32.8. The molecule has 0 aliphatic heterocycles. The van der Waals surface area contributed by atoms with Crippen LogP contribution >= 0.6 is 0 Å². The maximum Gasteiger partial charge on any atom is 0.124 e. The van der Waals surface area contributed by atoms with Gasteiger partial charge in [-0.15, -0.1) is 53.1 Å². The summed E-state index contributed by atoms with van der Waals surface area (Å²) in [5, 5.41) is 3.51. The molecule has 0 atom stereocenters. The van der Waals surface area contributed by atoms with Gasteiger partial charge in [-0.3, -0.25) is 15.0 Å². The molecule has 0 bridgehead atoms. The Labute approximate surface area is 338 Å². The van der Waals surface area contributed by atoms with E-state index < -0.39 is 8.07 Å². The van der Waals surface area contributed by atoms with Crippen molar-refractivity contribution in [1.29, 1.82) is 0 Å². The number of hydrogen-bond donors (Lipinski definition) is 0.